The van der Waals surface area contributed by atoms with Crippen LogP contribution in [0.2, 0.25) is 5.02 Å². The molecule has 1 unspecified atom stereocenters. The molecule has 1 aromatic rings. The van der Waals surface area contributed by atoms with Crippen LogP contribution in [0.5, 0.6) is 0 Å². The molecule has 0 fully saturated rings. The third kappa shape index (κ3) is 4.31. The molecule has 0 aliphatic heterocycles. The summed E-state index contributed by atoms with van der Waals surface area (Å²) in [5.74, 6) is 1.24. The minimum atomic E-state index is 0.280. The molecule has 0 amide bonds. The first-order valence-electron chi connectivity index (χ1n) is 6.29. The summed E-state index contributed by atoms with van der Waals surface area (Å²) < 4.78 is 0. The Labute approximate surface area is 114 Å². The number of nitrogens with zero attached hydrogens (tertiary/aromatic N) is 3. The van der Waals surface area contributed by atoms with Gasteiger partial charge in [-0.05, 0) is 20.0 Å². The molecule has 1 atom stereocenters. The molecule has 0 bridgehead atoms. The van der Waals surface area contributed by atoms with Gasteiger partial charge in [0.2, 0.25) is 5.95 Å². The lowest BCUT2D eigenvalue weighted by molar-refractivity contribution is 0.294. The molecular weight excluding hydrogens is 250 g/mol. The van der Waals surface area contributed by atoms with E-state index in [0.29, 0.717) is 16.8 Å². The largest absolute Gasteiger partial charge is 0.365 e. The van der Waals surface area contributed by atoms with E-state index in [1.807, 2.05) is 0 Å². The van der Waals surface area contributed by atoms with Crippen molar-refractivity contribution >= 4 is 23.4 Å². The smallest absolute Gasteiger partial charge is 0.224 e. The number of likely N-dealkylation sites (N-methyl/N-ethyl adjacent to an activating group) is 1. The molecule has 1 aromatic heterocycles. The number of hydrogen-bond acceptors (Lipinski definition) is 5. The second kappa shape index (κ2) is 7.38. The van der Waals surface area contributed by atoms with Crippen molar-refractivity contribution in [2.75, 3.05) is 37.3 Å². The Kier molecular flexibility index (Phi) is 6.15. The Hall–Kier alpha value is -1.07. The van der Waals surface area contributed by atoms with E-state index < -0.39 is 0 Å². The fourth-order valence-corrected chi connectivity index (χ4v) is 1.88. The molecular formula is C12H22ClN5. The molecule has 0 aromatic carbocycles. The van der Waals surface area contributed by atoms with Gasteiger partial charge in [-0.15, -0.1) is 0 Å². The summed E-state index contributed by atoms with van der Waals surface area (Å²) in [6, 6.07) is 0.280. The summed E-state index contributed by atoms with van der Waals surface area (Å²) in [5, 5.41) is 6.76. The minimum absolute atomic E-state index is 0.280. The van der Waals surface area contributed by atoms with Crippen LogP contribution in [0.15, 0.2) is 6.20 Å². The number of rotatable bonds is 7. The Bertz CT molecular complexity index is 367. The number of nitrogens with one attached hydrogen (secondary N) is 2. The number of anilines is 2. The van der Waals surface area contributed by atoms with Crippen molar-refractivity contribution in [2.24, 2.45) is 0 Å². The Balaban J connectivity index is 2.65. The first-order valence-corrected chi connectivity index (χ1v) is 6.67. The molecule has 1 rings (SSSR count). The van der Waals surface area contributed by atoms with Crippen LogP contribution in [0.4, 0.5) is 11.8 Å². The van der Waals surface area contributed by atoms with Gasteiger partial charge in [0.25, 0.3) is 0 Å². The zero-order valence-corrected chi connectivity index (χ0v) is 12.3. The van der Waals surface area contributed by atoms with E-state index in [4.69, 9.17) is 11.6 Å². The van der Waals surface area contributed by atoms with E-state index >= 15 is 0 Å². The maximum Gasteiger partial charge on any atom is 0.224 e. The monoisotopic (exact) mass is 271 g/mol. The molecule has 102 valence electrons. The van der Waals surface area contributed by atoms with Gasteiger partial charge in [-0.2, -0.15) is 4.98 Å². The predicted octanol–water partition coefficient (Wildman–Crippen LogP) is 2.31. The highest BCUT2D eigenvalue weighted by molar-refractivity contribution is 6.32. The lowest BCUT2D eigenvalue weighted by Crippen LogP contribution is -2.35. The van der Waals surface area contributed by atoms with Crippen molar-refractivity contribution in [3.8, 4) is 0 Å². The molecule has 1 heterocycles. The molecule has 0 aliphatic carbocycles. The van der Waals surface area contributed by atoms with E-state index in [1.54, 1.807) is 13.2 Å². The van der Waals surface area contributed by atoms with Crippen molar-refractivity contribution < 1.29 is 0 Å². The maximum atomic E-state index is 6.07. The van der Waals surface area contributed by atoms with E-state index in [9.17, 15) is 0 Å². The summed E-state index contributed by atoms with van der Waals surface area (Å²) in [4.78, 5) is 10.7. The quantitative estimate of drug-likeness (QED) is 0.797. The van der Waals surface area contributed by atoms with Gasteiger partial charge in [-0.25, -0.2) is 4.98 Å². The summed E-state index contributed by atoms with van der Waals surface area (Å²) in [6.07, 6.45) is 1.60. The number of hydrogen-bond donors (Lipinski definition) is 2. The SMILES string of the molecule is CCN(CC)CC(C)Nc1nc(NC)ncc1Cl. The zero-order chi connectivity index (χ0) is 13.5. The van der Waals surface area contributed by atoms with Crippen LogP contribution >= 0.6 is 11.6 Å². The van der Waals surface area contributed by atoms with Crippen LogP contribution in [-0.4, -0.2) is 47.6 Å². The van der Waals surface area contributed by atoms with Gasteiger partial charge < -0.3 is 15.5 Å². The first-order chi connectivity index (χ1) is 8.60. The summed E-state index contributed by atoms with van der Waals surface area (Å²) in [5.41, 5.74) is 0. The van der Waals surface area contributed by atoms with Gasteiger partial charge in [-0.3, -0.25) is 0 Å². The van der Waals surface area contributed by atoms with E-state index in [2.05, 4.69) is 46.3 Å². The van der Waals surface area contributed by atoms with E-state index in [1.165, 1.54) is 0 Å². The highest BCUT2D eigenvalue weighted by Gasteiger charge is 2.10. The molecule has 0 radical (unpaired) electrons. The maximum absolute atomic E-state index is 6.07. The molecule has 6 heteroatoms. The second-order valence-corrected chi connectivity index (χ2v) is 4.58. The summed E-state index contributed by atoms with van der Waals surface area (Å²) in [7, 11) is 1.78. The fourth-order valence-electron chi connectivity index (χ4n) is 1.74. The summed E-state index contributed by atoms with van der Waals surface area (Å²) >= 11 is 6.07. The van der Waals surface area contributed by atoms with Crippen molar-refractivity contribution in [2.45, 2.75) is 26.8 Å². The van der Waals surface area contributed by atoms with Crippen LogP contribution in [0.25, 0.3) is 0 Å². The molecule has 2 N–H and O–H groups in total. The van der Waals surface area contributed by atoms with Crippen molar-refractivity contribution in [1.29, 1.82) is 0 Å². The van der Waals surface area contributed by atoms with Crippen molar-refractivity contribution in [3.63, 3.8) is 0 Å². The first kappa shape index (κ1) is 15.0. The van der Waals surface area contributed by atoms with Gasteiger partial charge >= 0.3 is 0 Å². The topological polar surface area (TPSA) is 53.1 Å². The minimum Gasteiger partial charge on any atom is -0.365 e. The van der Waals surface area contributed by atoms with E-state index in [0.717, 1.165) is 19.6 Å². The van der Waals surface area contributed by atoms with Crippen LogP contribution in [0.3, 0.4) is 0 Å². The van der Waals surface area contributed by atoms with E-state index in [-0.39, 0.29) is 6.04 Å². The molecule has 0 spiro atoms. The Morgan fingerprint density at radius 1 is 1.39 bits per heavy atom. The highest BCUT2D eigenvalue weighted by atomic mass is 35.5. The lowest BCUT2D eigenvalue weighted by atomic mass is 10.3. The average Bonchev–Trinajstić information content (AvgIpc) is 2.38. The number of halogens is 1. The van der Waals surface area contributed by atoms with Gasteiger partial charge in [0.15, 0.2) is 5.82 Å². The molecule has 0 saturated carbocycles. The van der Waals surface area contributed by atoms with Gasteiger partial charge in [0, 0.05) is 19.6 Å². The van der Waals surface area contributed by atoms with Gasteiger partial charge in [-0.1, -0.05) is 25.4 Å². The predicted molar refractivity (Wildman–Crippen MR) is 77.5 cm³/mol. The summed E-state index contributed by atoms with van der Waals surface area (Å²) in [6.45, 7) is 9.49. The van der Waals surface area contributed by atoms with Crippen LogP contribution in [-0.2, 0) is 0 Å². The zero-order valence-electron chi connectivity index (χ0n) is 11.5. The molecule has 18 heavy (non-hydrogen) atoms. The third-order valence-electron chi connectivity index (χ3n) is 2.78. The number of aromatic nitrogens is 2. The lowest BCUT2D eigenvalue weighted by Gasteiger charge is -2.24. The Morgan fingerprint density at radius 3 is 2.61 bits per heavy atom. The fraction of sp³-hybridized carbons (Fsp3) is 0.667. The normalized spacial score (nSPS) is 12.6. The standard InChI is InChI=1S/C12H22ClN5/c1-5-18(6-2)8-9(3)16-11-10(13)7-15-12(14-4)17-11/h7,9H,5-6,8H2,1-4H3,(H2,14,15,16,17). The van der Waals surface area contributed by atoms with Gasteiger partial charge in [0.05, 0.1) is 6.20 Å². The Morgan fingerprint density at radius 2 is 2.06 bits per heavy atom. The van der Waals surface area contributed by atoms with Gasteiger partial charge in [0.1, 0.15) is 5.02 Å². The third-order valence-corrected chi connectivity index (χ3v) is 3.05. The average molecular weight is 272 g/mol. The van der Waals surface area contributed by atoms with Crippen molar-refractivity contribution in [1.82, 2.24) is 14.9 Å². The van der Waals surface area contributed by atoms with Crippen LogP contribution in [0.1, 0.15) is 20.8 Å². The van der Waals surface area contributed by atoms with Crippen molar-refractivity contribution in [3.05, 3.63) is 11.2 Å². The second-order valence-electron chi connectivity index (χ2n) is 4.17. The molecule has 0 saturated heterocycles. The molecule has 0 aliphatic rings. The van der Waals surface area contributed by atoms with Crippen LogP contribution in [0, 0.1) is 0 Å². The molecule has 5 nitrogen and oxygen atoms in total. The highest BCUT2D eigenvalue weighted by Crippen LogP contribution is 2.20. The van der Waals surface area contributed by atoms with Crippen LogP contribution < -0.4 is 10.6 Å².